The summed E-state index contributed by atoms with van der Waals surface area (Å²) in [4.78, 5) is 24.6. The third-order valence-electron chi connectivity index (χ3n) is 5.03. The number of rotatable bonds is 6. The average molecular weight is 422 g/mol. The van der Waals surface area contributed by atoms with Gasteiger partial charge in [0.15, 0.2) is 0 Å². The maximum atomic E-state index is 13.7. The van der Waals surface area contributed by atoms with Crippen molar-refractivity contribution in [2.24, 2.45) is 0 Å². The van der Waals surface area contributed by atoms with Crippen molar-refractivity contribution in [2.75, 3.05) is 6.54 Å². The van der Waals surface area contributed by atoms with Crippen molar-refractivity contribution in [2.45, 2.75) is 18.9 Å². The zero-order valence-electron chi connectivity index (χ0n) is 16.5. The van der Waals surface area contributed by atoms with Gasteiger partial charge >= 0.3 is 0 Å². The molecule has 2 N–H and O–H groups in total. The van der Waals surface area contributed by atoms with E-state index in [2.05, 4.69) is 10.6 Å². The lowest BCUT2D eigenvalue weighted by atomic mass is 9.94. The molecular formula is C24H20F2N2O3. The summed E-state index contributed by atoms with van der Waals surface area (Å²) >= 11 is 0. The molecule has 31 heavy (non-hydrogen) atoms. The van der Waals surface area contributed by atoms with Crippen LogP contribution in [0, 0.1) is 11.6 Å². The molecule has 0 saturated carbocycles. The highest BCUT2D eigenvalue weighted by Gasteiger charge is 2.27. The minimum atomic E-state index is -0.924. The van der Waals surface area contributed by atoms with E-state index in [4.69, 9.17) is 4.74 Å². The summed E-state index contributed by atoms with van der Waals surface area (Å²) in [6.45, 7) is 0.185. The zero-order valence-corrected chi connectivity index (χ0v) is 16.5. The molecule has 1 heterocycles. The van der Waals surface area contributed by atoms with Crippen molar-refractivity contribution >= 4 is 11.8 Å². The smallest absolute Gasteiger partial charge is 0.254 e. The summed E-state index contributed by atoms with van der Waals surface area (Å²) in [5.41, 5.74) is 1.51. The van der Waals surface area contributed by atoms with Crippen LogP contribution in [0.1, 0.15) is 40.4 Å². The van der Waals surface area contributed by atoms with Crippen LogP contribution in [-0.2, 0) is 4.79 Å². The lowest BCUT2D eigenvalue weighted by molar-refractivity contribution is -0.121. The van der Waals surface area contributed by atoms with Crippen LogP contribution in [0.3, 0.4) is 0 Å². The summed E-state index contributed by atoms with van der Waals surface area (Å²) in [5.74, 6) is -1.11. The van der Waals surface area contributed by atoms with Gasteiger partial charge in [0.1, 0.15) is 23.1 Å². The SMILES string of the molecule is O=C(CCCNC(=O)c1ccc(F)cc1F)NC1c2ccccc2Oc2ccccc21. The molecule has 1 aliphatic heterocycles. The van der Waals surface area contributed by atoms with Gasteiger partial charge in [-0.05, 0) is 30.7 Å². The lowest BCUT2D eigenvalue weighted by Crippen LogP contribution is -2.32. The maximum absolute atomic E-state index is 13.7. The Labute approximate surface area is 178 Å². The summed E-state index contributed by atoms with van der Waals surface area (Å²) in [6, 6.07) is 17.5. The van der Waals surface area contributed by atoms with E-state index in [0.717, 1.165) is 23.3 Å². The van der Waals surface area contributed by atoms with E-state index in [-0.39, 0.29) is 30.5 Å². The molecule has 4 rings (SSSR count). The Hall–Kier alpha value is -3.74. The number of carbonyl (C=O) groups is 2. The van der Waals surface area contributed by atoms with E-state index < -0.39 is 17.5 Å². The summed E-state index contributed by atoms with van der Waals surface area (Å²) in [5, 5.41) is 5.58. The van der Waals surface area contributed by atoms with E-state index in [1.165, 1.54) is 0 Å². The molecule has 2 amide bonds. The van der Waals surface area contributed by atoms with Gasteiger partial charge < -0.3 is 15.4 Å². The largest absolute Gasteiger partial charge is 0.457 e. The molecule has 7 heteroatoms. The Morgan fingerprint density at radius 3 is 2.19 bits per heavy atom. The fourth-order valence-electron chi connectivity index (χ4n) is 3.52. The first-order valence-corrected chi connectivity index (χ1v) is 9.91. The second-order valence-electron chi connectivity index (χ2n) is 7.16. The van der Waals surface area contributed by atoms with Gasteiger partial charge in [0.05, 0.1) is 11.6 Å². The first-order valence-electron chi connectivity index (χ1n) is 9.91. The minimum absolute atomic E-state index is 0.174. The van der Waals surface area contributed by atoms with Crippen LogP contribution < -0.4 is 15.4 Å². The molecule has 0 radical (unpaired) electrons. The van der Waals surface area contributed by atoms with Gasteiger partial charge in [-0.15, -0.1) is 0 Å². The summed E-state index contributed by atoms with van der Waals surface area (Å²) < 4.78 is 32.5. The van der Waals surface area contributed by atoms with E-state index in [9.17, 15) is 18.4 Å². The molecule has 0 spiro atoms. The number of benzene rings is 3. The highest BCUT2D eigenvalue weighted by molar-refractivity contribution is 5.94. The number of hydrogen-bond donors (Lipinski definition) is 2. The van der Waals surface area contributed by atoms with Crippen molar-refractivity contribution in [1.29, 1.82) is 0 Å². The number of ether oxygens (including phenoxy) is 1. The van der Waals surface area contributed by atoms with E-state index >= 15 is 0 Å². The highest BCUT2D eigenvalue weighted by Crippen LogP contribution is 2.42. The van der Waals surface area contributed by atoms with Gasteiger partial charge in [-0.2, -0.15) is 0 Å². The number of amides is 2. The van der Waals surface area contributed by atoms with Crippen molar-refractivity contribution in [3.05, 3.63) is 95.1 Å². The van der Waals surface area contributed by atoms with Gasteiger partial charge in [0, 0.05) is 30.2 Å². The Bertz CT molecular complexity index is 1090. The Kier molecular flexibility index (Phi) is 5.93. The first-order chi connectivity index (χ1) is 15.0. The molecular weight excluding hydrogens is 402 g/mol. The molecule has 0 unspecified atom stereocenters. The Morgan fingerprint density at radius 2 is 1.55 bits per heavy atom. The van der Waals surface area contributed by atoms with Gasteiger partial charge in [-0.3, -0.25) is 9.59 Å². The number of carbonyl (C=O) groups excluding carboxylic acids is 2. The number of para-hydroxylation sites is 2. The number of fused-ring (bicyclic) bond motifs is 2. The zero-order chi connectivity index (χ0) is 21.8. The first kappa shape index (κ1) is 20.5. The van der Waals surface area contributed by atoms with E-state index in [0.29, 0.717) is 24.0 Å². The van der Waals surface area contributed by atoms with Crippen molar-refractivity contribution < 1.29 is 23.1 Å². The molecule has 1 aliphatic rings. The molecule has 0 aromatic heterocycles. The van der Waals surface area contributed by atoms with Crippen LogP contribution in [0.2, 0.25) is 0 Å². The number of hydrogen-bond acceptors (Lipinski definition) is 3. The van der Waals surface area contributed by atoms with Gasteiger partial charge in [0.25, 0.3) is 5.91 Å². The monoisotopic (exact) mass is 422 g/mol. The second-order valence-corrected chi connectivity index (χ2v) is 7.16. The lowest BCUT2D eigenvalue weighted by Gasteiger charge is -2.28. The number of halogens is 2. The molecule has 0 aliphatic carbocycles. The van der Waals surface area contributed by atoms with Crippen molar-refractivity contribution in [1.82, 2.24) is 10.6 Å². The average Bonchev–Trinajstić information content (AvgIpc) is 2.76. The van der Waals surface area contributed by atoms with Crippen LogP contribution in [0.15, 0.2) is 66.7 Å². The Morgan fingerprint density at radius 1 is 0.903 bits per heavy atom. The topological polar surface area (TPSA) is 67.4 Å². The molecule has 5 nitrogen and oxygen atoms in total. The van der Waals surface area contributed by atoms with E-state index in [1.807, 2.05) is 48.5 Å². The predicted molar refractivity (Wildman–Crippen MR) is 111 cm³/mol. The molecule has 3 aromatic rings. The van der Waals surface area contributed by atoms with E-state index in [1.54, 1.807) is 0 Å². The van der Waals surface area contributed by atoms with Crippen LogP contribution in [-0.4, -0.2) is 18.4 Å². The molecule has 0 fully saturated rings. The Balaban J connectivity index is 1.34. The van der Waals surface area contributed by atoms with Crippen LogP contribution >= 0.6 is 0 Å². The standard InChI is InChI=1S/C24H20F2N2O3/c25-15-11-12-16(19(26)14-15)24(30)27-13-5-10-22(29)28-23-17-6-1-3-8-20(17)31-21-9-4-2-7-18(21)23/h1-4,6-9,11-12,14,23H,5,10,13H2,(H,27,30)(H,28,29). The molecule has 0 saturated heterocycles. The predicted octanol–water partition coefficient (Wildman–Crippen LogP) is 4.49. The highest BCUT2D eigenvalue weighted by atomic mass is 19.1. The quantitative estimate of drug-likeness (QED) is 0.576. The molecule has 0 atom stereocenters. The third-order valence-corrected chi connectivity index (χ3v) is 5.03. The van der Waals surface area contributed by atoms with Crippen LogP contribution in [0.4, 0.5) is 8.78 Å². The van der Waals surface area contributed by atoms with Gasteiger partial charge in [-0.25, -0.2) is 8.78 Å². The minimum Gasteiger partial charge on any atom is -0.457 e. The van der Waals surface area contributed by atoms with Crippen molar-refractivity contribution in [3.63, 3.8) is 0 Å². The number of nitrogens with one attached hydrogen (secondary N) is 2. The molecule has 0 bridgehead atoms. The third kappa shape index (κ3) is 4.55. The van der Waals surface area contributed by atoms with Crippen LogP contribution in [0.5, 0.6) is 11.5 Å². The summed E-state index contributed by atoms with van der Waals surface area (Å²) in [7, 11) is 0. The molecule has 3 aromatic carbocycles. The van der Waals surface area contributed by atoms with Gasteiger partial charge in [0.2, 0.25) is 5.91 Å². The fraction of sp³-hybridized carbons (Fsp3) is 0.167. The second kappa shape index (κ2) is 8.95. The van der Waals surface area contributed by atoms with Gasteiger partial charge in [-0.1, -0.05) is 36.4 Å². The van der Waals surface area contributed by atoms with Crippen LogP contribution in [0.25, 0.3) is 0 Å². The maximum Gasteiger partial charge on any atom is 0.254 e. The molecule has 158 valence electrons. The van der Waals surface area contributed by atoms with Crippen molar-refractivity contribution in [3.8, 4) is 11.5 Å². The fourth-order valence-corrected chi connectivity index (χ4v) is 3.52. The normalized spacial score (nSPS) is 12.3. The summed E-state index contributed by atoms with van der Waals surface area (Å²) in [6.07, 6.45) is 0.542.